The van der Waals surface area contributed by atoms with Crippen LogP contribution in [0.1, 0.15) is 70.8 Å². The normalized spacial score (nSPS) is 18.2. The predicted octanol–water partition coefficient (Wildman–Crippen LogP) is 8.18. The van der Waals surface area contributed by atoms with Crippen molar-refractivity contribution < 1.29 is 28.9 Å². The van der Waals surface area contributed by atoms with Gasteiger partial charge in [-0.1, -0.05) is 63.6 Å². The first-order valence-electron chi connectivity index (χ1n) is 20.5. The number of benzene rings is 3. The summed E-state index contributed by atoms with van der Waals surface area (Å²) in [6.45, 7) is 24.6. The van der Waals surface area contributed by atoms with Gasteiger partial charge in [0, 0.05) is 31.1 Å². The molecule has 2 aliphatic heterocycles. The average molecular weight is 826 g/mol. The van der Waals surface area contributed by atoms with Crippen LogP contribution in [0.4, 0.5) is 4.79 Å². The fourth-order valence-corrected chi connectivity index (χ4v) is 8.09. The molecule has 2 aliphatic rings. The standard InChI is InChI=1S/C48H55N7O6/c1-12-27(6)23-54(45(56)40(26(4)5)53-46(57)59-11)38(14-3)43-50-36-18-16-30-20-35-33-17-15-31(19-32(33)25-60-39(35)21-34(30)41(36)52-43)37-22-49-44(51-37)42-28(7)29(13-2)24-55(42)47(58)61-48(8,9)10/h2,12,14-22,26-27,29,38,40,42,46,53,57H,1,3,7,23-25H2,4-6,8-11H3,(H,49,51)(H,50,52). The minimum absolute atomic E-state index is 0.0344. The van der Waals surface area contributed by atoms with Crippen molar-refractivity contribution >= 4 is 33.8 Å². The molecular weight excluding hydrogens is 771 g/mol. The summed E-state index contributed by atoms with van der Waals surface area (Å²) < 4.78 is 17.2. The molecular formula is C48H55N7O6. The first-order valence-corrected chi connectivity index (χ1v) is 20.5. The molecule has 4 N–H and O–H groups in total. The van der Waals surface area contributed by atoms with E-state index in [0.717, 1.165) is 55.5 Å². The lowest BCUT2D eigenvalue weighted by atomic mass is 9.92. The van der Waals surface area contributed by atoms with Gasteiger partial charge < -0.3 is 34.2 Å². The maximum Gasteiger partial charge on any atom is 0.411 e. The van der Waals surface area contributed by atoms with Crippen LogP contribution in [0.2, 0.25) is 0 Å². The highest BCUT2D eigenvalue weighted by Crippen LogP contribution is 2.44. The van der Waals surface area contributed by atoms with E-state index in [1.807, 2.05) is 65.8 Å². The average Bonchev–Trinajstić information content (AvgIpc) is 3.98. The second-order valence-corrected chi connectivity index (χ2v) is 17.2. The molecule has 5 aromatic rings. The summed E-state index contributed by atoms with van der Waals surface area (Å²) >= 11 is 0. The van der Waals surface area contributed by atoms with E-state index < -0.39 is 36.2 Å². The van der Waals surface area contributed by atoms with Crippen molar-refractivity contribution in [2.75, 3.05) is 20.2 Å². The second kappa shape index (κ2) is 17.0. The number of aliphatic hydroxyl groups excluding tert-OH is 1. The maximum atomic E-state index is 14.2. The van der Waals surface area contributed by atoms with Gasteiger partial charge in [-0.15, -0.1) is 19.6 Å². The minimum atomic E-state index is -1.31. The number of hydrogen-bond donors (Lipinski definition) is 4. The third kappa shape index (κ3) is 8.44. The molecule has 0 aliphatic carbocycles. The number of aromatic nitrogens is 4. The summed E-state index contributed by atoms with van der Waals surface area (Å²) in [5.74, 6) is 3.87. The lowest BCUT2D eigenvalue weighted by Crippen LogP contribution is -2.54. The Balaban J connectivity index is 1.18. The lowest BCUT2D eigenvalue weighted by molar-refractivity contribution is -0.146. The Morgan fingerprint density at radius 3 is 2.57 bits per heavy atom. The number of methoxy groups -OCH3 is 1. The van der Waals surface area contributed by atoms with Gasteiger partial charge in [0.2, 0.25) is 12.3 Å². The van der Waals surface area contributed by atoms with E-state index in [2.05, 4.69) is 59.1 Å². The number of H-pyrrole nitrogens is 2. The van der Waals surface area contributed by atoms with Crippen LogP contribution in [0.5, 0.6) is 5.75 Å². The number of rotatable bonds is 13. The number of terminal acetylenes is 1. The van der Waals surface area contributed by atoms with Crippen LogP contribution in [-0.4, -0.2) is 85.1 Å². The van der Waals surface area contributed by atoms with E-state index in [4.69, 9.17) is 30.6 Å². The van der Waals surface area contributed by atoms with Crippen molar-refractivity contribution in [3.8, 4) is 40.5 Å². The van der Waals surface area contributed by atoms with Gasteiger partial charge in [-0.3, -0.25) is 15.0 Å². The highest BCUT2D eigenvalue weighted by atomic mass is 16.6. The van der Waals surface area contributed by atoms with Crippen LogP contribution in [0.25, 0.3) is 44.2 Å². The molecule has 2 aromatic heterocycles. The van der Waals surface area contributed by atoms with Crippen LogP contribution >= 0.6 is 0 Å². The van der Waals surface area contributed by atoms with E-state index in [0.29, 0.717) is 36.9 Å². The van der Waals surface area contributed by atoms with E-state index in [9.17, 15) is 14.7 Å². The first kappa shape index (κ1) is 42.9. The molecule has 13 heteroatoms. The van der Waals surface area contributed by atoms with Gasteiger partial charge in [0.25, 0.3) is 0 Å². The van der Waals surface area contributed by atoms with Gasteiger partial charge in [0.05, 0.1) is 34.9 Å². The number of fused-ring (bicyclic) bond motifs is 6. The number of aromatic amines is 2. The monoisotopic (exact) mass is 825 g/mol. The van der Waals surface area contributed by atoms with Crippen LogP contribution in [-0.2, 0) is 20.9 Å². The molecule has 0 bridgehead atoms. The zero-order valence-corrected chi connectivity index (χ0v) is 35.9. The molecule has 4 heterocycles. The largest absolute Gasteiger partial charge is 0.488 e. The third-order valence-electron chi connectivity index (χ3n) is 11.3. The number of nitrogens with zero attached hydrogens (tertiary/aromatic N) is 4. The SMILES string of the molecule is C#CC1CN(C(=O)OC(C)(C)C)C(c2ncc(-c3ccc4c(c3)COc3cc5c(ccc6[nH]c(C(C=C)N(CC(C)C=C)C(=O)C(NC(O)OC)C(C)C)nc65)cc3-4)[nH]2)C1=C. The van der Waals surface area contributed by atoms with Crippen molar-refractivity contribution in [2.24, 2.45) is 17.8 Å². The Labute approximate surface area is 356 Å². The molecule has 0 radical (unpaired) electrons. The molecule has 1 fully saturated rings. The Morgan fingerprint density at radius 1 is 1.13 bits per heavy atom. The van der Waals surface area contributed by atoms with E-state index in [-0.39, 0.29) is 23.7 Å². The van der Waals surface area contributed by atoms with Gasteiger partial charge >= 0.3 is 6.09 Å². The Hall–Kier alpha value is -6.20. The van der Waals surface area contributed by atoms with Crippen molar-refractivity contribution in [1.82, 2.24) is 35.1 Å². The quantitative estimate of drug-likeness (QED) is 0.0522. The topological polar surface area (TPSA) is 158 Å². The Kier molecular flexibility index (Phi) is 12.0. The highest BCUT2D eigenvalue weighted by molar-refractivity contribution is 6.07. The highest BCUT2D eigenvalue weighted by Gasteiger charge is 2.42. The van der Waals surface area contributed by atoms with Crippen LogP contribution < -0.4 is 10.1 Å². The fraction of sp³-hybridized carbons (Fsp3) is 0.375. The Morgan fingerprint density at radius 2 is 1.90 bits per heavy atom. The smallest absolute Gasteiger partial charge is 0.411 e. The molecule has 6 unspecified atom stereocenters. The summed E-state index contributed by atoms with van der Waals surface area (Å²) in [5, 5.41) is 15.0. The number of amides is 2. The summed E-state index contributed by atoms with van der Waals surface area (Å²) in [6.07, 6.45) is 9.30. The summed E-state index contributed by atoms with van der Waals surface area (Å²) in [7, 11) is 1.37. The summed E-state index contributed by atoms with van der Waals surface area (Å²) in [6, 6.07) is 12.5. The number of ether oxygens (including phenoxy) is 3. The maximum absolute atomic E-state index is 14.2. The van der Waals surface area contributed by atoms with Crippen molar-refractivity contribution in [3.05, 3.63) is 103 Å². The van der Waals surface area contributed by atoms with Crippen molar-refractivity contribution in [3.63, 3.8) is 0 Å². The van der Waals surface area contributed by atoms with Crippen molar-refractivity contribution in [2.45, 2.75) is 78.3 Å². The molecule has 13 nitrogen and oxygen atoms in total. The number of carbonyl (C=O) groups is 2. The van der Waals surface area contributed by atoms with E-state index in [1.54, 1.807) is 28.1 Å². The number of aliphatic hydroxyl groups is 1. The molecule has 1 saturated heterocycles. The number of hydrogen-bond acceptors (Lipinski definition) is 9. The van der Waals surface area contributed by atoms with Gasteiger partial charge in [0.1, 0.15) is 41.7 Å². The molecule has 61 heavy (non-hydrogen) atoms. The summed E-state index contributed by atoms with van der Waals surface area (Å²) in [5.41, 5.74) is 6.29. The number of carbonyl (C=O) groups excluding carboxylic acids is 2. The van der Waals surface area contributed by atoms with E-state index in [1.165, 1.54) is 7.11 Å². The number of imidazole rings is 2. The third-order valence-corrected chi connectivity index (χ3v) is 11.3. The molecule has 7 rings (SSSR count). The fourth-order valence-electron chi connectivity index (χ4n) is 8.09. The molecule has 3 aromatic carbocycles. The van der Waals surface area contributed by atoms with Crippen LogP contribution in [0.15, 0.2) is 86.1 Å². The van der Waals surface area contributed by atoms with Crippen LogP contribution in [0.3, 0.4) is 0 Å². The zero-order valence-electron chi connectivity index (χ0n) is 35.9. The molecule has 6 atom stereocenters. The lowest BCUT2D eigenvalue weighted by Gasteiger charge is -2.35. The molecule has 2 amide bonds. The number of nitrogens with one attached hydrogen (secondary N) is 3. The summed E-state index contributed by atoms with van der Waals surface area (Å²) in [4.78, 5) is 47.5. The minimum Gasteiger partial charge on any atom is -0.488 e. The Bertz CT molecular complexity index is 2560. The van der Waals surface area contributed by atoms with Crippen molar-refractivity contribution in [1.29, 1.82) is 0 Å². The first-order chi connectivity index (χ1) is 29.0. The number of likely N-dealkylation sites (tertiary alicyclic amines) is 1. The van der Waals surface area contributed by atoms with Crippen LogP contribution in [0, 0.1) is 30.1 Å². The van der Waals surface area contributed by atoms with Gasteiger partial charge in [0.15, 0.2) is 0 Å². The molecule has 0 spiro atoms. The molecule has 0 saturated carbocycles. The van der Waals surface area contributed by atoms with Gasteiger partial charge in [-0.2, -0.15) is 0 Å². The predicted molar refractivity (Wildman–Crippen MR) is 237 cm³/mol. The second-order valence-electron chi connectivity index (χ2n) is 17.2. The molecule has 318 valence electrons. The zero-order chi connectivity index (χ0) is 43.9. The van der Waals surface area contributed by atoms with Gasteiger partial charge in [-0.05, 0) is 84.5 Å². The van der Waals surface area contributed by atoms with E-state index >= 15 is 0 Å². The van der Waals surface area contributed by atoms with Gasteiger partial charge in [-0.25, -0.2) is 14.8 Å².